The van der Waals surface area contributed by atoms with Crippen LogP contribution in [0.25, 0.3) is 0 Å². The van der Waals surface area contributed by atoms with Crippen molar-refractivity contribution in [1.29, 1.82) is 0 Å². The summed E-state index contributed by atoms with van der Waals surface area (Å²) in [4.78, 5) is 6.52. The minimum Gasteiger partial charge on any atom is -0.318 e. The van der Waals surface area contributed by atoms with Crippen LogP contribution in [0.15, 0.2) is 41.7 Å². The molecule has 1 heterocycles. The highest BCUT2D eigenvalue weighted by Gasteiger charge is 2.22. The highest BCUT2D eigenvalue weighted by molar-refractivity contribution is 7.91. The van der Waals surface area contributed by atoms with E-state index >= 15 is 0 Å². The van der Waals surface area contributed by atoms with Crippen molar-refractivity contribution >= 4 is 9.84 Å². The zero-order valence-corrected chi connectivity index (χ0v) is 17.9. The average molecular weight is 392 g/mol. The van der Waals surface area contributed by atoms with Gasteiger partial charge in [-0.1, -0.05) is 51.1 Å². The van der Waals surface area contributed by atoms with Gasteiger partial charge in [0.1, 0.15) is 0 Å². The summed E-state index contributed by atoms with van der Waals surface area (Å²) >= 11 is 0. The summed E-state index contributed by atoms with van der Waals surface area (Å²) in [6.45, 7) is 8.47. The molecule has 0 aliphatic rings. The molecule has 0 N–H and O–H groups in total. The van der Waals surface area contributed by atoms with Gasteiger partial charge in [0.25, 0.3) is 0 Å². The van der Waals surface area contributed by atoms with E-state index in [9.17, 15) is 8.42 Å². The second-order valence-electron chi connectivity index (χ2n) is 7.60. The Balaban J connectivity index is 2.13. The van der Waals surface area contributed by atoms with Crippen molar-refractivity contribution < 1.29 is 8.42 Å². The summed E-state index contributed by atoms with van der Waals surface area (Å²) in [5, 5.41) is 0.213. The number of hydrogen-bond acceptors (Lipinski definition) is 4. The van der Waals surface area contributed by atoms with Gasteiger partial charge in [0.05, 0.1) is 17.6 Å². The summed E-state index contributed by atoms with van der Waals surface area (Å²) in [6, 6.07) is 10.3. The topological polar surface area (TPSA) is 55.2 Å². The number of nitrogens with zero attached hydrogens (tertiary/aromatic N) is 3. The lowest BCUT2D eigenvalue weighted by Crippen LogP contribution is -2.23. The normalized spacial score (nSPS) is 12.2. The molecule has 1 aromatic heterocycles. The van der Waals surface area contributed by atoms with Crippen molar-refractivity contribution in [2.75, 3.05) is 19.3 Å². The van der Waals surface area contributed by atoms with E-state index in [-0.39, 0.29) is 10.9 Å². The van der Waals surface area contributed by atoms with Gasteiger partial charge < -0.3 is 9.47 Å². The first-order valence-corrected chi connectivity index (χ1v) is 11.5. The van der Waals surface area contributed by atoms with Crippen LogP contribution in [-0.4, -0.2) is 42.2 Å². The first-order valence-electron chi connectivity index (χ1n) is 9.83. The molecule has 0 radical (unpaired) electrons. The second-order valence-corrected chi connectivity index (χ2v) is 9.77. The molecule has 0 atom stereocenters. The Bertz CT molecular complexity index is 798. The number of imidazole rings is 1. The number of benzene rings is 1. The SMILES string of the molecule is CCS(=O)(=O)c1ncc(CN(C)CCC(C)C)n1CCCc1ccccc1. The van der Waals surface area contributed by atoms with Gasteiger partial charge >= 0.3 is 0 Å². The Labute approximate surface area is 164 Å². The highest BCUT2D eigenvalue weighted by atomic mass is 32.2. The molecule has 0 spiro atoms. The van der Waals surface area contributed by atoms with Gasteiger partial charge in [-0.05, 0) is 44.3 Å². The summed E-state index contributed by atoms with van der Waals surface area (Å²) in [7, 11) is -1.25. The highest BCUT2D eigenvalue weighted by Crippen LogP contribution is 2.17. The minimum atomic E-state index is -3.33. The van der Waals surface area contributed by atoms with E-state index in [4.69, 9.17) is 0 Å². The third-order valence-corrected chi connectivity index (χ3v) is 6.41. The Hall–Kier alpha value is -1.66. The first-order chi connectivity index (χ1) is 12.8. The standard InChI is InChI=1S/C21H33N3O2S/c1-5-27(25,26)21-22-16-20(17-23(4)15-13-18(2)3)24(21)14-9-12-19-10-7-6-8-11-19/h6-8,10-11,16,18H,5,9,12-15,17H2,1-4H3. The molecule has 0 fully saturated rings. The number of sulfone groups is 1. The largest absolute Gasteiger partial charge is 0.318 e. The monoisotopic (exact) mass is 391 g/mol. The van der Waals surface area contributed by atoms with Crippen molar-refractivity contribution in [2.24, 2.45) is 5.92 Å². The van der Waals surface area contributed by atoms with Crippen molar-refractivity contribution in [3.63, 3.8) is 0 Å². The van der Waals surface area contributed by atoms with E-state index in [1.807, 2.05) is 22.8 Å². The van der Waals surface area contributed by atoms with E-state index in [0.717, 1.165) is 31.5 Å². The molecule has 2 aromatic rings. The molecule has 27 heavy (non-hydrogen) atoms. The molecule has 1 aromatic carbocycles. The van der Waals surface area contributed by atoms with Crippen LogP contribution < -0.4 is 0 Å². The fraction of sp³-hybridized carbons (Fsp3) is 0.571. The molecule has 6 heteroatoms. The Morgan fingerprint density at radius 2 is 1.89 bits per heavy atom. The van der Waals surface area contributed by atoms with E-state index in [1.54, 1.807) is 13.1 Å². The van der Waals surface area contributed by atoms with Crippen LogP contribution in [0.4, 0.5) is 0 Å². The lowest BCUT2D eigenvalue weighted by molar-refractivity contribution is 0.294. The van der Waals surface area contributed by atoms with Crippen LogP contribution in [0.3, 0.4) is 0 Å². The fourth-order valence-electron chi connectivity index (χ4n) is 3.05. The molecule has 0 aliphatic carbocycles. The van der Waals surface area contributed by atoms with Crippen LogP contribution in [0, 0.1) is 5.92 Å². The van der Waals surface area contributed by atoms with Crippen molar-refractivity contribution in [1.82, 2.24) is 14.5 Å². The number of aryl methyl sites for hydroxylation is 1. The lowest BCUT2D eigenvalue weighted by Gasteiger charge is -2.19. The smallest absolute Gasteiger partial charge is 0.227 e. The first kappa shape index (κ1) is 21.6. The number of rotatable bonds is 11. The maximum Gasteiger partial charge on any atom is 0.227 e. The Morgan fingerprint density at radius 3 is 2.52 bits per heavy atom. The fourth-order valence-corrected chi connectivity index (χ4v) is 4.07. The van der Waals surface area contributed by atoms with Crippen LogP contribution in [-0.2, 0) is 29.3 Å². The third-order valence-electron chi connectivity index (χ3n) is 4.77. The van der Waals surface area contributed by atoms with Gasteiger partial charge in [0.15, 0.2) is 0 Å². The van der Waals surface area contributed by atoms with Crippen LogP contribution in [0.5, 0.6) is 0 Å². The maximum absolute atomic E-state index is 12.5. The zero-order valence-electron chi connectivity index (χ0n) is 17.1. The van der Waals surface area contributed by atoms with E-state index in [2.05, 4.69) is 42.9 Å². The summed E-state index contributed by atoms with van der Waals surface area (Å²) < 4.78 is 26.9. The molecule has 0 bridgehead atoms. The third kappa shape index (κ3) is 6.47. The van der Waals surface area contributed by atoms with Crippen LogP contribution in [0.2, 0.25) is 0 Å². The van der Waals surface area contributed by atoms with Gasteiger partial charge in [-0.2, -0.15) is 0 Å². The second kappa shape index (κ2) is 10.0. The molecule has 0 saturated heterocycles. The Morgan fingerprint density at radius 1 is 1.19 bits per heavy atom. The Kier molecular flexibility index (Phi) is 8.05. The zero-order chi connectivity index (χ0) is 19.9. The quantitative estimate of drug-likeness (QED) is 0.585. The van der Waals surface area contributed by atoms with Crippen molar-refractivity contribution in [3.8, 4) is 0 Å². The molecule has 150 valence electrons. The summed E-state index contributed by atoms with van der Waals surface area (Å²) in [6.07, 6.45) is 4.66. The van der Waals surface area contributed by atoms with E-state index in [1.165, 1.54) is 5.56 Å². The van der Waals surface area contributed by atoms with Gasteiger partial charge in [-0.3, -0.25) is 0 Å². The van der Waals surface area contributed by atoms with E-state index in [0.29, 0.717) is 19.0 Å². The minimum absolute atomic E-state index is 0.0747. The van der Waals surface area contributed by atoms with Gasteiger partial charge in [0, 0.05) is 13.1 Å². The van der Waals surface area contributed by atoms with Crippen molar-refractivity contribution in [3.05, 3.63) is 47.8 Å². The van der Waals surface area contributed by atoms with Gasteiger partial charge in [-0.25, -0.2) is 13.4 Å². The average Bonchev–Trinajstić information content (AvgIpc) is 3.04. The predicted molar refractivity (Wildman–Crippen MR) is 111 cm³/mol. The summed E-state index contributed by atoms with van der Waals surface area (Å²) in [5.41, 5.74) is 2.24. The molecule has 0 saturated carbocycles. The molecular formula is C21H33N3O2S. The van der Waals surface area contributed by atoms with Crippen molar-refractivity contribution in [2.45, 2.75) is 58.3 Å². The lowest BCUT2D eigenvalue weighted by atomic mass is 10.1. The molecule has 0 unspecified atom stereocenters. The van der Waals surface area contributed by atoms with Crippen LogP contribution in [0.1, 0.15) is 44.9 Å². The molecular weight excluding hydrogens is 358 g/mol. The maximum atomic E-state index is 12.5. The molecule has 0 aliphatic heterocycles. The number of aromatic nitrogens is 2. The van der Waals surface area contributed by atoms with Gasteiger partial charge in [-0.15, -0.1) is 0 Å². The van der Waals surface area contributed by atoms with Gasteiger partial charge in [0.2, 0.25) is 15.0 Å². The molecule has 5 nitrogen and oxygen atoms in total. The molecule has 2 rings (SSSR count). The number of hydrogen-bond donors (Lipinski definition) is 0. The van der Waals surface area contributed by atoms with Crippen LogP contribution >= 0.6 is 0 Å². The van der Waals surface area contributed by atoms with E-state index < -0.39 is 9.84 Å². The predicted octanol–water partition coefficient (Wildman–Crippen LogP) is 3.79. The molecule has 0 amide bonds. The summed E-state index contributed by atoms with van der Waals surface area (Å²) in [5.74, 6) is 0.727.